The zero-order valence-corrected chi connectivity index (χ0v) is 12.0. The van der Waals surface area contributed by atoms with E-state index in [0.717, 1.165) is 18.4 Å². The summed E-state index contributed by atoms with van der Waals surface area (Å²) in [6, 6.07) is 5.33. The second kappa shape index (κ2) is 8.77. The number of carbonyl (C=O) groups is 1. The van der Waals surface area contributed by atoms with Crippen molar-refractivity contribution in [3.8, 4) is 5.75 Å². The minimum absolute atomic E-state index is 0.0168. The summed E-state index contributed by atoms with van der Waals surface area (Å²) in [6.45, 7) is 3.30. The van der Waals surface area contributed by atoms with Crippen molar-refractivity contribution >= 4 is 17.5 Å². The predicted octanol–water partition coefficient (Wildman–Crippen LogP) is 2.14. The van der Waals surface area contributed by atoms with Gasteiger partial charge in [-0.25, -0.2) is 0 Å². The Balaban J connectivity index is 2.50. The number of hydrogen-bond acceptors (Lipinski definition) is 3. The molecule has 0 fully saturated rings. The molecule has 4 nitrogen and oxygen atoms in total. The Kier molecular flexibility index (Phi) is 7.30. The first-order valence-corrected chi connectivity index (χ1v) is 6.93. The van der Waals surface area contributed by atoms with Crippen LogP contribution in [0.2, 0.25) is 5.02 Å². The topological polar surface area (TPSA) is 64.3 Å². The number of ether oxygens (including phenoxy) is 1. The Morgan fingerprint density at radius 1 is 1.47 bits per heavy atom. The molecule has 0 atom stereocenters. The number of nitrogens with one attached hydrogen (secondary N) is 1. The highest BCUT2D eigenvalue weighted by Crippen LogP contribution is 2.23. The van der Waals surface area contributed by atoms with Gasteiger partial charge in [-0.05, 0) is 43.1 Å². The number of rotatable bonds is 8. The van der Waals surface area contributed by atoms with E-state index in [1.54, 1.807) is 12.1 Å². The summed E-state index contributed by atoms with van der Waals surface area (Å²) in [4.78, 5) is 11.5. The Morgan fingerprint density at radius 2 is 2.26 bits per heavy atom. The summed E-state index contributed by atoms with van der Waals surface area (Å²) in [7, 11) is 0. The molecule has 0 unspecified atom stereocenters. The van der Waals surface area contributed by atoms with Gasteiger partial charge in [0.2, 0.25) is 0 Å². The summed E-state index contributed by atoms with van der Waals surface area (Å²) >= 11 is 5.92. The fraction of sp³-hybridized carbons (Fsp3) is 0.500. The van der Waals surface area contributed by atoms with E-state index in [1.807, 2.05) is 6.07 Å². The largest absolute Gasteiger partial charge is 0.483 e. The van der Waals surface area contributed by atoms with Crippen LogP contribution < -0.4 is 15.8 Å². The zero-order chi connectivity index (χ0) is 14.1. The first-order chi connectivity index (χ1) is 9.17. The van der Waals surface area contributed by atoms with E-state index in [-0.39, 0.29) is 12.5 Å². The van der Waals surface area contributed by atoms with E-state index in [1.165, 1.54) is 0 Å². The number of carbonyl (C=O) groups excluding carboxylic acids is 1. The fourth-order valence-corrected chi connectivity index (χ4v) is 1.83. The Bertz CT molecular complexity index is 410. The van der Waals surface area contributed by atoms with Crippen LogP contribution in [0.4, 0.5) is 0 Å². The van der Waals surface area contributed by atoms with E-state index < -0.39 is 0 Å². The van der Waals surface area contributed by atoms with Crippen LogP contribution in [-0.4, -0.2) is 25.6 Å². The molecule has 0 aromatic heterocycles. The van der Waals surface area contributed by atoms with Crippen LogP contribution in [0.1, 0.15) is 25.3 Å². The molecule has 0 heterocycles. The van der Waals surface area contributed by atoms with Gasteiger partial charge in [0, 0.05) is 11.6 Å². The second-order valence-corrected chi connectivity index (χ2v) is 4.72. The molecule has 0 saturated carbocycles. The normalized spacial score (nSPS) is 10.3. The Morgan fingerprint density at radius 3 is 2.95 bits per heavy atom. The minimum atomic E-state index is -0.109. The smallest absolute Gasteiger partial charge is 0.257 e. The number of hydrogen-bond donors (Lipinski definition) is 2. The summed E-state index contributed by atoms with van der Waals surface area (Å²) in [5, 5.41) is 3.44. The van der Waals surface area contributed by atoms with E-state index in [9.17, 15) is 4.79 Å². The maximum Gasteiger partial charge on any atom is 0.257 e. The van der Waals surface area contributed by atoms with Gasteiger partial charge < -0.3 is 15.8 Å². The molecule has 1 amide bonds. The van der Waals surface area contributed by atoms with Gasteiger partial charge in [0.25, 0.3) is 5.91 Å². The van der Waals surface area contributed by atoms with Crippen molar-refractivity contribution in [1.82, 2.24) is 5.32 Å². The highest BCUT2D eigenvalue weighted by molar-refractivity contribution is 6.30. The maximum atomic E-state index is 11.5. The van der Waals surface area contributed by atoms with Gasteiger partial charge in [-0.2, -0.15) is 0 Å². The molecule has 0 aliphatic rings. The van der Waals surface area contributed by atoms with Gasteiger partial charge in [-0.1, -0.05) is 24.9 Å². The number of benzene rings is 1. The fourth-order valence-electron chi connectivity index (χ4n) is 1.64. The van der Waals surface area contributed by atoms with Gasteiger partial charge in [0.05, 0.1) is 0 Å². The monoisotopic (exact) mass is 284 g/mol. The SMILES string of the molecule is CCCCNC(=O)COc1ccc(Cl)cc1CCN. The summed E-state index contributed by atoms with van der Waals surface area (Å²) < 4.78 is 5.51. The number of amides is 1. The third-order valence-corrected chi connectivity index (χ3v) is 2.88. The highest BCUT2D eigenvalue weighted by atomic mass is 35.5. The molecule has 1 aromatic rings. The molecule has 1 aromatic carbocycles. The number of nitrogens with two attached hydrogens (primary N) is 1. The van der Waals surface area contributed by atoms with Gasteiger partial charge >= 0.3 is 0 Å². The van der Waals surface area contributed by atoms with E-state index >= 15 is 0 Å². The van der Waals surface area contributed by atoms with Crippen molar-refractivity contribution in [2.45, 2.75) is 26.2 Å². The standard InChI is InChI=1S/C14H21ClN2O2/c1-2-3-8-17-14(18)10-19-13-5-4-12(15)9-11(13)6-7-16/h4-5,9H,2-3,6-8,10,16H2,1H3,(H,17,18). The first-order valence-electron chi connectivity index (χ1n) is 6.55. The van der Waals surface area contributed by atoms with Crippen molar-refractivity contribution in [3.63, 3.8) is 0 Å². The van der Waals surface area contributed by atoms with Crippen molar-refractivity contribution in [1.29, 1.82) is 0 Å². The molecule has 0 aliphatic carbocycles. The van der Waals surface area contributed by atoms with Crippen molar-refractivity contribution in [3.05, 3.63) is 28.8 Å². The Hall–Kier alpha value is -1.26. The molecular formula is C14H21ClN2O2. The van der Waals surface area contributed by atoms with Crippen LogP contribution in [0.5, 0.6) is 5.75 Å². The molecular weight excluding hydrogens is 264 g/mol. The van der Waals surface area contributed by atoms with E-state index in [4.69, 9.17) is 22.1 Å². The first kappa shape index (κ1) is 15.8. The lowest BCUT2D eigenvalue weighted by Crippen LogP contribution is -2.29. The predicted molar refractivity (Wildman–Crippen MR) is 77.6 cm³/mol. The molecule has 0 aliphatic heterocycles. The lowest BCUT2D eigenvalue weighted by molar-refractivity contribution is -0.123. The third kappa shape index (κ3) is 5.94. The van der Waals surface area contributed by atoms with Crippen molar-refractivity contribution in [2.75, 3.05) is 19.7 Å². The van der Waals surface area contributed by atoms with Crippen LogP contribution in [0.15, 0.2) is 18.2 Å². The highest BCUT2D eigenvalue weighted by Gasteiger charge is 2.07. The summed E-state index contributed by atoms with van der Waals surface area (Å²) in [6.07, 6.45) is 2.71. The van der Waals surface area contributed by atoms with Gasteiger partial charge in [-0.15, -0.1) is 0 Å². The third-order valence-electron chi connectivity index (χ3n) is 2.65. The van der Waals surface area contributed by atoms with Gasteiger partial charge in [-0.3, -0.25) is 4.79 Å². The Labute approximate surface area is 119 Å². The number of halogens is 1. The van der Waals surface area contributed by atoms with Crippen molar-refractivity contribution in [2.24, 2.45) is 5.73 Å². The van der Waals surface area contributed by atoms with E-state index in [2.05, 4.69) is 12.2 Å². The van der Waals surface area contributed by atoms with Crippen molar-refractivity contribution < 1.29 is 9.53 Å². The van der Waals surface area contributed by atoms with E-state index in [0.29, 0.717) is 30.3 Å². The average Bonchev–Trinajstić information content (AvgIpc) is 2.38. The van der Waals surface area contributed by atoms with Gasteiger partial charge in [0.15, 0.2) is 6.61 Å². The summed E-state index contributed by atoms with van der Waals surface area (Å²) in [5.41, 5.74) is 6.47. The molecule has 0 spiro atoms. The van der Waals surface area contributed by atoms with Crippen LogP contribution >= 0.6 is 11.6 Å². The lowest BCUT2D eigenvalue weighted by Gasteiger charge is -2.11. The summed E-state index contributed by atoms with van der Waals surface area (Å²) in [5.74, 6) is 0.558. The molecule has 5 heteroatoms. The molecule has 106 valence electrons. The molecule has 0 radical (unpaired) electrons. The molecule has 19 heavy (non-hydrogen) atoms. The van der Waals surface area contributed by atoms with Crippen LogP contribution in [0.25, 0.3) is 0 Å². The second-order valence-electron chi connectivity index (χ2n) is 4.28. The number of unbranched alkanes of at least 4 members (excludes halogenated alkanes) is 1. The van der Waals surface area contributed by atoms with Crippen LogP contribution in [-0.2, 0) is 11.2 Å². The molecule has 0 saturated heterocycles. The van der Waals surface area contributed by atoms with Crippen LogP contribution in [0, 0.1) is 0 Å². The zero-order valence-electron chi connectivity index (χ0n) is 11.2. The average molecular weight is 285 g/mol. The molecule has 1 rings (SSSR count). The molecule has 0 bridgehead atoms. The van der Waals surface area contributed by atoms with Gasteiger partial charge in [0.1, 0.15) is 5.75 Å². The quantitative estimate of drug-likeness (QED) is 0.719. The van der Waals surface area contributed by atoms with Crippen LogP contribution in [0.3, 0.4) is 0 Å². The molecule has 3 N–H and O–H groups in total. The lowest BCUT2D eigenvalue weighted by atomic mass is 10.1. The maximum absolute atomic E-state index is 11.5. The minimum Gasteiger partial charge on any atom is -0.483 e.